The molecule has 0 atom stereocenters. The summed E-state index contributed by atoms with van der Waals surface area (Å²) in [5.41, 5.74) is 2.29. The number of carbonyl (C=O) groups excluding carboxylic acids is 1. The molecule has 0 aliphatic rings. The number of halogens is 1. The highest BCUT2D eigenvalue weighted by Crippen LogP contribution is 2.19. The highest BCUT2D eigenvalue weighted by molar-refractivity contribution is 6.33. The van der Waals surface area contributed by atoms with Crippen molar-refractivity contribution in [1.29, 1.82) is 0 Å². The van der Waals surface area contributed by atoms with Gasteiger partial charge < -0.3 is 15.5 Å². The zero-order chi connectivity index (χ0) is 14.5. The van der Waals surface area contributed by atoms with Crippen molar-refractivity contribution in [3.8, 4) is 0 Å². The lowest BCUT2D eigenvalue weighted by Crippen LogP contribution is -2.40. The predicted molar refractivity (Wildman–Crippen MR) is 75.1 cm³/mol. The summed E-state index contributed by atoms with van der Waals surface area (Å²) >= 11 is 5.90. The second kappa shape index (κ2) is 6.70. The maximum atomic E-state index is 11.9. The van der Waals surface area contributed by atoms with E-state index < -0.39 is 5.60 Å². The molecule has 4 N–H and O–H groups in total. The molecule has 6 nitrogen and oxygen atoms in total. The number of anilines is 1. The number of hydrogen-bond donors (Lipinski definition) is 3. The van der Waals surface area contributed by atoms with E-state index in [4.69, 9.17) is 22.2 Å². The summed E-state index contributed by atoms with van der Waals surface area (Å²) in [6.45, 7) is 6.71. The van der Waals surface area contributed by atoms with E-state index in [0.717, 1.165) is 0 Å². The fraction of sp³-hybridized carbons (Fsp3) is 0.500. The Hall–Kier alpha value is -1.37. The minimum atomic E-state index is -0.416. The summed E-state index contributed by atoms with van der Waals surface area (Å²) in [5, 5.41) is 3.07. The van der Waals surface area contributed by atoms with Crippen LogP contribution in [0.15, 0.2) is 12.3 Å². The molecular formula is C12H19ClN4O2. The molecule has 0 unspecified atom stereocenters. The predicted octanol–water partition coefficient (Wildman–Crippen LogP) is 1.57. The molecule has 0 aromatic carbocycles. The Kier molecular flexibility index (Phi) is 5.53. The van der Waals surface area contributed by atoms with Crippen molar-refractivity contribution < 1.29 is 9.53 Å². The third kappa shape index (κ3) is 4.66. The first-order valence-electron chi connectivity index (χ1n) is 5.94. The van der Waals surface area contributed by atoms with Gasteiger partial charge in [-0.1, -0.05) is 11.6 Å². The van der Waals surface area contributed by atoms with Gasteiger partial charge in [0.05, 0.1) is 16.2 Å². The fourth-order valence-electron chi connectivity index (χ4n) is 1.51. The van der Waals surface area contributed by atoms with Crippen molar-refractivity contribution >= 4 is 23.3 Å². The third-order valence-electron chi connectivity index (χ3n) is 2.45. The zero-order valence-electron chi connectivity index (χ0n) is 11.3. The van der Waals surface area contributed by atoms with E-state index in [9.17, 15) is 4.79 Å². The van der Waals surface area contributed by atoms with Crippen LogP contribution in [0.2, 0.25) is 5.02 Å². The van der Waals surface area contributed by atoms with E-state index in [0.29, 0.717) is 29.6 Å². The smallest absolute Gasteiger partial charge is 0.253 e. The van der Waals surface area contributed by atoms with Gasteiger partial charge >= 0.3 is 0 Å². The number of hydrazine groups is 1. The molecule has 0 saturated carbocycles. The van der Waals surface area contributed by atoms with Crippen LogP contribution in [0, 0.1) is 0 Å². The molecule has 19 heavy (non-hydrogen) atoms. The molecular weight excluding hydrogens is 268 g/mol. The summed E-state index contributed by atoms with van der Waals surface area (Å²) in [6, 6.07) is 1.51. The molecule has 1 rings (SSSR count). The van der Waals surface area contributed by atoms with E-state index in [1.807, 2.05) is 20.8 Å². The topological polar surface area (TPSA) is 89.3 Å². The lowest BCUT2D eigenvalue weighted by molar-refractivity contribution is -0.00815. The molecule has 1 aromatic heterocycles. The van der Waals surface area contributed by atoms with Gasteiger partial charge in [0.25, 0.3) is 5.91 Å². The molecule has 1 aromatic rings. The maximum absolute atomic E-state index is 11.9. The third-order valence-corrected chi connectivity index (χ3v) is 2.74. The fourth-order valence-corrected chi connectivity index (χ4v) is 1.73. The van der Waals surface area contributed by atoms with E-state index in [-0.39, 0.29) is 5.91 Å². The Bertz CT molecular complexity index is 451. The quantitative estimate of drug-likeness (QED) is 0.545. The summed E-state index contributed by atoms with van der Waals surface area (Å²) in [7, 11) is 0. The van der Waals surface area contributed by atoms with Crippen LogP contribution in [0.25, 0.3) is 0 Å². The number of hydrogen-bond acceptors (Lipinski definition) is 5. The van der Waals surface area contributed by atoms with Gasteiger partial charge in [-0.05, 0) is 26.8 Å². The Labute approximate surface area is 117 Å². The number of aromatic nitrogens is 1. The Morgan fingerprint density at radius 3 is 2.79 bits per heavy atom. The molecule has 0 saturated heterocycles. The van der Waals surface area contributed by atoms with Crippen LogP contribution in [-0.4, -0.2) is 29.6 Å². The summed E-state index contributed by atoms with van der Waals surface area (Å²) in [5.74, 6) is 5.28. The number of amides is 1. The summed E-state index contributed by atoms with van der Waals surface area (Å²) in [6.07, 6.45) is 1.41. The zero-order valence-corrected chi connectivity index (χ0v) is 12.0. The van der Waals surface area contributed by atoms with Crippen LogP contribution < -0.4 is 16.6 Å². The molecule has 0 radical (unpaired) electrons. The highest BCUT2D eigenvalue weighted by atomic mass is 35.5. The van der Waals surface area contributed by atoms with Crippen LogP contribution in [0.5, 0.6) is 0 Å². The lowest BCUT2D eigenvalue weighted by atomic mass is 10.1. The molecule has 0 fully saturated rings. The van der Waals surface area contributed by atoms with E-state index in [2.05, 4.69) is 15.7 Å². The average Bonchev–Trinajstić information content (AvgIpc) is 2.36. The molecule has 7 heteroatoms. The summed E-state index contributed by atoms with van der Waals surface area (Å²) in [4.78, 5) is 15.9. The number of nitrogens with one attached hydrogen (secondary N) is 2. The van der Waals surface area contributed by atoms with Crippen LogP contribution in [-0.2, 0) is 4.74 Å². The Balaban J connectivity index is 2.66. The highest BCUT2D eigenvalue weighted by Gasteiger charge is 2.19. The summed E-state index contributed by atoms with van der Waals surface area (Å²) < 4.78 is 5.49. The van der Waals surface area contributed by atoms with Crippen molar-refractivity contribution in [2.75, 3.05) is 18.6 Å². The maximum Gasteiger partial charge on any atom is 0.253 e. The average molecular weight is 287 g/mol. The van der Waals surface area contributed by atoms with Crippen molar-refractivity contribution in [2.24, 2.45) is 5.84 Å². The van der Waals surface area contributed by atoms with Gasteiger partial charge in [0.1, 0.15) is 0 Å². The molecule has 1 amide bonds. The van der Waals surface area contributed by atoms with Gasteiger partial charge in [-0.25, -0.2) is 10.8 Å². The van der Waals surface area contributed by atoms with Gasteiger partial charge in [0.2, 0.25) is 0 Å². The number of rotatable bonds is 6. The molecule has 0 aliphatic carbocycles. The molecule has 0 spiro atoms. The molecule has 106 valence electrons. The molecule has 0 aliphatic heterocycles. The van der Waals surface area contributed by atoms with Gasteiger partial charge in [-0.3, -0.25) is 4.79 Å². The van der Waals surface area contributed by atoms with Gasteiger partial charge in [-0.2, -0.15) is 0 Å². The van der Waals surface area contributed by atoms with Gasteiger partial charge in [0, 0.05) is 19.3 Å². The Morgan fingerprint density at radius 1 is 1.58 bits per heavy atom. The SMILES string of the molecule is CCOC(C)(C)CNC(=O)c1cnc(NN)c(Cl)c1. The van der Waals surface area contributed by atoms with Crippen LogP contribution in [0.4, 0.5) is 5.82 Å². The van der Waals surface area contributed by atoms with Crippen molar-refractivity contribution in [1.82, 2.24) is 10.3 Å². The standard InChI is InChI=1S/C12H19ClN4O2/c1-4-19-12(2,3)7-16-11(18)8-5-9(13)10(17-14)15-6-8/h5-6H,4,7,14H2,1-3H3,(H,15,17)(H,16,18). The van der Waals surface area contributed by atoms with E-state index >= 15 is 0 Å². The minimum absolute atomic E-state index is 0.259. The molecule has 0 bridgehead atoms. The largest absolute Gasteiger partial charge is 0.374 e. The first-order chi connectivity index (χ1) is 8.89. The normalized spacial score (nSPS) is 11.2. The second-order valence-corrected chi connectivity index (χ2v) is 4.98. The minimum Gasteiger partial charge on any atom is -0.374 e. The van der Waals surface area contributed by atoms with Crippen LogP contribution in [0.1, 0.15) is 31.1 Å². The monoisotopic (exact) mass is 286 g/mol. The van der Waals surface area contributed by atoms with Gasteiger partial charge in [0.15, 0.2) is 5.82 Å². The number of nitrogens with two attached hydrogens (primary N) is 1. The molecule has 1 heterocycles. The lowest BCUT2D eigenvalue weighted by Gasteiger charge is -2.24. The van der Waals surface area contributed by atoms with Crippen LogP contribution in [0.3, 0.4) is 0 Å². The second-order valence-electron chi connectivity index (χ2n) is 4.57. The number of nitrogens with zero attached hydrogens (tertiary/aromatic N) is 1. The number of pyridine rings is 1. The Morgan fingerprint density at radius 2 is 2.26 bits per heavy atom. The van der Waals surface area contributed by atoms with Gasteiger partial charge in [-0.15, -0.1) is 0 Å². The number of ether oxygens (including phenoxy) is 1. The number of carbonyl (C=O) groups is 1. The number of nitrogen functional groups attached to an aromatic ring is 1. The van der Waals surface area contributed by atoms with E-state index in [1.54, 1.807) is 0 Å². The first-order valence-corrected chi connectivity index (χ1v) is 6.31. The van der Waals surface area contributed by atoms with Crippen molar-refractivity contribution in [2.45, 2.75) is 26.4 Å². The van der Waals surface area contributed by atoms with Crippen LogP contribution >= 0.6 is 11.6 Å². The van der Waals surface area contributed by atoms with Crippen molar-refractivity contribution in [3.63, 3.8) is 0 Å². The van der Waals surface area contributed by atoms with E-state index in [1.165, 1.54) is 12.3 Å². The van der Waals surface area contributed by atoms with Crippen molar-refractivity contribution in [3.05, 3.63) is 22.8 Å². The first kappa shape index (κ1) is 15.7.